The van der Waals surface area contributed by atoms with Gasteiger partial charge in [0.2, 0.25) is 0 Å². The van der Waals surface area contributed by atoms with E-state index in [4.69, 9.17) is 33.7 Å². The molecule has 0 radical (unpaired) electrons. The Bertz CT molecular complexity index is 575. The van der Waals surface area contributed by atoms with E-state index in [1.54, 1.807) is 18.2 Å². The van der Waals surface area contributed by atoms with E-state index in [1.165, 1.54) is 11.1 Å². The molecule has 0 unspecified atom stereocenters. The molecule has 2 rings (SSSR count). The zero-order valence-electron chi connectivity index (χ0n) is 9.53. The zero-order chi connectivity index (χ0) is 13.8. The molecule has 1 amide bonds. The Kier molecular flexibility index (Phi) is 4.18. The molecular weight excluding hydrogens is 293 g/mol. The highest BCUT2D eigenvalue weighted by molar-refractivity contribution is 6.42. The van der Waals surface area contributed by atoms with E-state index >= 15 is 0 Å². The third-order valence-electron chi connectivity index (χ3n) is 2.29. The minimum Gasteiger partial charge on any atom is -0.439 e. The highest BCUT2D eigenvalue weighted by Gasteiger charge is 2.18. The van der Waals surface area contributed by atoms with Crippen LogP contribution in [0.5, 0.6) is 0 Å². The lowest BCUT2D eigenvalue weighted by molar-refractivity contribution is 0.0900. The molecule has 1 aromatic heterocycles. The molecule has 19 heavy (non-hydrogen) atoms. The highest BCUT2D eigenvalue weighted by atomic mass is 35.5. The number of hydrogen-bond donors (Lipinski definition) is 1. The summed E-state index contributed by atoms with van der Waals surface area (Å²) in [5.74, 6) is 0. The molecule has 0 fully saturated rings. The minimum atomic E-state index is -0.906. The number of primary amides is 1. The summed E-state index contributed by atoms with van der Waals surface area (Å²) in [6, 6.07) is 4.87. The first-order valence-electron chi connectivity index (χ1n) is 5.18. The second kappa shape index (κ2) is 5.85. The van der Waals surface area contributed by atoms with E-state index in [2.05, 4.69) is 15.4 Å². The van der Waals surface area contributed by atoms with Gasteiger partial charge in [0.1, 0.15) is 6.54 Å². The van der Waals surface area contributed by atoms with Crippen molar-refractivity contribution < 1.29 is 9.53 Å². The first kappa shape index (κ1) is 13.6. The normalized spacial score (nSPS) is 12.1. The van der Waals surface area contributed by atoms with Crippen molar-refractivity contribution in [1.29, 1.82) is 0 Å². The largest absolute Gasteiger partial charge is 0.439 e. The van der Waals surface area contributed by atoms with Crippen LogP contribution in [0.15, 0.2) is 24.5 Å². The van der Waals surface area contributed by atoms with Gasteiger partial charge in [-0.15, -0.1) is 10.2 Å². The number of carbonyl (C=O) groups is 1. The van der Waals surface area contributed by atoms with Gasteiger partial charge in [-0.2, -0.15) is 4.80 Å². The number of tetrazole rings is 1. The van der Waals surface area contributed by atoms with E-state index in [1.807, 2.05) is 0 Å². The Morgan fingerprint density at radius 1 is 1.42 bits per heavy atom. The maximum absolute atomic E-state index is 10.9. The van der Waals surface area contributed by atoms with Crippen molar-refractivity contribution in [2.45, 2.75) is 12.6 Å². The molecular formula is C10H9Cl2N5O2. The van der Waals surface area contributed by atoms with E-state index < -0.39 is 12.2 Å². The van der Waals surface area contributed by atoms with Gasteiger partial charge in [-0.25, -0.2) is 4.79 Å². The molecule has 100 valence electrons. The van der Waals surface area contributed by atoms with E-state index in [0.29, 0.717) is 15.6 Å². The summed E-state index contributed by atoms with van der Waals surface area (Å²) in [6.45, 7) is 0.168. The fraction of sp³-hybridized carbons (Fsp3) is 0.200. The number of halogens is 2. The van der Waals surface area contributed by atoms with Crippen LogP contribution in [0.4, 0.5) is 4.79 Å². The lowest BCUT2D eigenvalue weighted by Crippen LogP contribution is -2.22. The van der Waals surface area contributed by atoms with Gasteiger partial charge in [0.15, 0.2) is 12.4 Å². The number of ether oxygens (including phenoxy) is 1. The average molecular weight is 302 g/mol. The van der Waals surface area contributed by atoms with Crippen LogP contribution >= 0.6 is 23.2 Å². The topological polar surface area (TPSA) is 95.9 Å². The summed E-state index contributed by atoms with van der Waals surface area (Å²) in [7, 11) is 0. The SMILES string of the molecule is NC(=O)O[C@H](Cn1ncnn1)c1ccc(Cl)c(Cl)c1. The molecule has 2 aromatic rings. The lowest BCUT2D eigenvalue weighted by Gasteiger charge is -2.16. The van der Waals surface area contributed by atoms with E-state index in [9.17, 15) is 4.79 Å². The van der Waals surface area contributed by atoms with Gasteiger partial charge in [0, 0.05) is 0 Å². The molecule has 0 aliphatic carbocycles. The molecule has 0 saturated heterocycles. The minimum absolute atomic E-state index is 0.168. The van der Waals surface area contributed by atoms with Crippen molar-refractivity contribution in [2.24, 2.45) is 5.73 Å². The molecule has 0 aliphatic rings. The van der Waals surface area contributed by atoms with E-state index in [-0.39, 0.29) is 6.54 Å². The maximum Gasteiger partial charge on any atom is 0.405 e. The average Bonchev–Trinajstić information content (AvgIpc) is 2.84. The molecule has 1 heterocycles. The summed E-state index contributed by atoms with van der Waals surface area (Å²) in [6.07, 6.45) is -0.312. The molecule has 1 aromatic carbocycles. The third-order valence-corrected chi connectivity index (χ3v) is 3.03. The van der Waals surface area contributed by atoms with Crippen LogP contribution < -0.4 is 5.73 Å². The van der Waals surface area contributed by atoms with Crippen molar-refractivity contribution >= 4 is 29.3 Å². The molecule has 0 saturated carbocycles. The summed E-state index contributed by atoms with van der Waals surface area (Å²) in [4.78, 5) is 12.2. The van der Waals surface area contributed by atoms with Crippen LogP contribution in [0.1, 0.15) is 11.7 Å². The van der Waals surface area contributed by atoms with Gasteiger partial charge in [0.25, 0.3) is 0 Å². The van der Waals surface area contributed by atoms with Gasteiger partial charge in [0.05, 0.1) is 10.0 Å². The number of rotatable bonds is 4. The number of hydrogen-bond acceptors (Lipinski definition) is 5. The first-order chi connectivity index (χ1) is 9.06. The molecule has 0 bridgehead atoms. The summed E-state index contributed by atoms with van der Waals surface area (Å²) in [5, 5.41) is 11.8. The Balaban J connectivity index is 2.25. The quantitative estimate of drug-likeness (QED) is 0.929. The van der Waals surface area contributed by atoms with Crippen molar-refractivity contribution in [3.63, 3.8) is 0 Å². The van der Waals surface area contributed by atoms with Crippen LogP contribution in [-0.2, 0) is 11.3 Å². The van der Waals surface area contributed by atoms with Gasteiger partial charge in [-0.1, -0.05) is 29.3 Å². The molecule has 2 N–H and O–H groups in total. The van der Waals surface area contributed by atoms with Crippen LogP contribution in [0.25, 0.3) is 0 Å². The third kappa shape index (κ3) is 3.55. The number of amides is 1. The number of aromatic nitrogens is 4. The van der Waals surface area contributed by atoms with Crippen LogP contribution in [0, 0.1) is 0 Å². The number of nitrogens with zero attached hydrogens (tertiary/aromatic N) is 4. The van der Waals surface area contributed by atoms with Gasteiger partial charge in [-0.05, 0) is 22.9 Å². The van der Waals surface area contributed by atoms with Crippen molar-refractivity contribution in [3.8, 4) is 0 Å². The molecule has 0 aliphatic heterocycles. The van der Waals surface area contributed by atoms with Gasteiger partial charge < -0.3 is 10.5 Å². The first-order valence-corrected chi connectivity index (χ1v) is 5.93. The predicted molar refractivity (Wildman–Crippen MR) is 67.7 cm³/mol. The Morgan fingerprint density at radius 2 is 2.21 bits per heavy atom. The van der Waals surface area contributed by atoms with Gasteiger partial charge >= 0.3 is 6.09 Å². The molecule has 7 nitrogen and oxygen atoms in total. The number of nitrogens with two attached hydrogens (primary N) is 1. The zero-order valence-corrected chi connectivity index (χ0v) is 11.0. The fourth-order valence-corrected chi connectivity index (χ4v) is 1.79. The summed E-state index contributed by atoms with van der Waals surface area (Å²) in [5.41, 5.74) is 5.67. The van der Waals surface area contributed by atoms with Crippen LogP contribution in [0.3, 0.4) is 0 Å². The van der Waals surface area contributed by atoms with Crippen molar-refractivity contribution in [1.82, 2.24) is 20.2 Å². The Hall–Kier alpha value is -1.86. The van der Waals surface area contributed by atoms with Crippen molar-refractivity contribution in [3.05, 3.63) is 40.1 Å². The number of carbonyl (C=O) groups excluding carboxylic acids is 1. The predicted octanol–water partition coefficient (Wildman–Crippen LogP) is 1.82. The fourth-order valence-electron chi connectivity index (χ4n) is 1.48. The smallest absolute Gasteiger partial charge is 0.405 e. The Morgan fingerprint density at radius 3 is 2.79 bits per heavy atom. The molecule has 1 atom stereocenters. The lowest BCUT2D eigenvalue weighted by atomic mass is 10.1. The summed E-state index contributed by atoms with van der Waals surface area (Å²) < 4.78 is 5.01. The monoisotopic (exact) mass is 301 g/mol. The Labute approximate surface area is 118 Å². The second-order valence-electron chi connectivity index (χ2n) is 3.59. The van der Waals surface area contributed by atoms with Crippen molar-refractivity contribution in [2.75, 3.05) is 0 Å². The van der Waals surface area contributed by atoms with Crippen LogP contribution in [0.2, 0.25) is 10.0 Å². The van der Waals surface area contributed by atoms with Crippen LogP contribution in [-0.4, -0.2) is 26.3 Å². The summed E-state index contributed by atoms with van der Waals surface area (Å²) >= 11 is 11.8. The van der Waals surface area contributed by atoms with Gasteiger partial charge in [-0.3, -0.25) is 0 Å². The molecule has 0 spiro atoms. The number of benzene rings is 1. The highest BCUT2D eigenvalue weighted by Crippen LogP contribution is 2.27. The maximum atomic E-state index is 10.9. The standard InChI is InChI=1S/C10H9Cl2N5O2/c11-7-2-1-6(3-8(7)12)9(19-10(13)18)4-17-15-5-14-16-17/h1-3,5,9H,4H2,(H2,13,18)/t9-/m1/s1. The molecule has 9 heteroatoms. The second-order valence-corrected chi connectivity index (χ2v) is 4.40. The van der Waals surface area contributed by atoms with E-state index in [0.717, 1.165) is 0 Å².